The summed E-state index contributed by atoms with van der Waals surface area (Å²) in [7, 11) is 1.90. The van der Waals surface area contributed by atoms with Gasteiger partial charge >= 0.3 is 0 Å². The number of nitrogens with zero attached hydrogens (tertiary/aromatic N) is 2. The summed E-state index contributed by atoms with van der Waals surface area (Å²) in [6.45, 7) is 8.75. The first-order valence-electron chi connectivity index (χ1n) is 8.36. The smallest absolute Gasteiger partial charge is 0.255 e. The number of ether oxygens (including phenoxy) is 1. The molecule has 2 rings (SSSR count). The van der Waals surface area contributed by atoms with E-state index in [4.69, 9.17) is 4.74 Å². The Morgan fingerprint density at radius 3 is 2.64 bits per heavy atom. The quantitative estimate of drug-likeness (QED) is 0.838. The molecule has 1 aromatic rings. The molecule has 0 unspecified atom stereocenters. The van der Waals surface area contributed by atoms with Crippen LogP contribution >= 0.6 is 0 Å². The minimum atomic E-state index is 0.0890. The Morgan fingerprint density at radius 1 is 1.36 bits per heavy atom. The zero-order valence-electron chi connectivity index (χ0n) is 14.3. The Morgan fingerprint density at radius 2 is 2.05 bits per heavy atom. The lowest BCUT2D eigenvalue weighted by Crippen LogP contribution is -2.34. The molecule has 0 N–H and O–H groups in total. The predicted molar refractivity (Wildman–Crippen MR) is 88.2 cm³/mol. The number of pyridine rings is 1. The van der Waals surface area contributed by atoms with E-state index >= 15 is 0 Å². The van der Waals surface area contributed by atoms with Crippen molar-refractivity contribution in [2.24, 2.45) is 5.92 Å². The van der Waals surface area contributed by atoms with Gasteiger partial charge in [0.2, 0.25) is 0 Å². The largest absolute Gasteiger partial charge is 0.381 e. The molecule has 0 bridgehead atoms. The van der Waals surface area contributed by atoms with Gasteiger partial charge in [0.25, 0.3) is 5.91 Å². The maximum Gasteiger partial charge on any atom is 0.255 e. The van der Waals surface area contributed by atoms with Crippen molar-refractivity contribution in [1.29, 1.82) is 0 Å². The second-order valence-corrected chi connectivity index (χ2v) is 6.48. The number of rotatable bonds is 5. The summed E-state index contributed by atoms with van der Waals surface area (Å²) in [5.74, 6) is 1.02. The second kappa shape index (κ2) is 7.73. The number of aromatic nitrogens is 1. The predicted octanol–water partition coefficient (Wildman–Crippen LogP) is 3.27. The highest BCUT2D eigenvalue weighted by molar-refractivity contribution is 5.95. The second-order valence-electron chi connectivity index (χ2n) is 6.48. The third kappa shape index (κ3) is 4.07. The average Bonchev–Trinajstić information content (AvgIpc) is 2.54. The van der Waals surface area contributed by atoms with Gasteiger partial charge in [-0.1, -0.05) is 20.8 Å². The van der Waals surface area contributed by atoms with E-state index in [-0.39, 0.29) is 5.91 Å². The van der Waals surface area contributed by atoms with Crippen LogP contribution in [0.2, 0.25) is 0 Å². The van der Waals surface area contributed by atoms with Crippen molar-refractivity contribution < 1.29 is 9.53 Å². The fourth-order valence-corrected chi connectivity index (χ4v) is 2.91. The zero-order chi connectivity index (χ0) is 16.1. The molecule has 0 aliphatic carbocycles. The van der Waals surface area contributed by atoms with Crippen LogP contribution in [0, 0.1) is 5.92 Å². The Hall–Kier alpha value is -1.42. The number of carbonyl (C=O) groups excluding carboxylic acids is 1. The van der Waals surface area contributed by atoms with Crippen LogP contribution in [0.25, 0.3) is 0 Å². The van der Waals surface area contributed by atoms with Gasteiger partial charge in [0, 0.05) is 32.5 Å². The summed E-state index contributed by atoms with van der Waals surface area (Å²) in [6.07, 6.45) is 2.87. The molecule has 0 atom stereocenters. The molecule has 22 heavy (non-hydrogen) atoms. The van der Waals surface area contributed by atoms with E-state index < -0.39 is 0 Å². The normalized spacial score (nSPS) is 16.0. The van der Waals surface area contributed by atoms with Crippen molar-refractivity contribution in [3.63, 3.8) is 0 Å². The van der Waals surface area contributed by atoms with Crippen LogP contribution in [-0.4, -0.2) is 42.6 Å². The average molecular weight is 304 g/mol. The molecule has 0 radical (unpaired) electrons. The van der Waals surface area contributed by atoms with Gasteiger partial charge in [0.1, 0.15) is 0 Å². The first-order chi connectivity index (χ1) is 10.5. The molecular formula is C18H28N2O2. The van der Waals surface area contributed by atoms with Gasteiger partial charge in [0.05, 0.1) is 11.3 Å². The van der Waals surface area contributed by atoms with E-state index in [1.807, 2.05) is 24.1 Å². The minimum absolute atomic E-state index is 0.0890. The van der Waals surface area contributed by atoms with Crippen LogP contribution in [0.5, 0.6) is 0 Å². The maximum absolute atomic E-state index is 12.7. The number of carbonyl (C=O) groups is 1. The SMILES string of the molecule is CCc1nc(C(C)C)ccc1C(=O)N(C)CC1CCOCC1. The first kappa shape index (κ1) is 16.9. The Labute approximate surface area is 133 Å². The molecule has 1 saturated heterocycles. The molecule has 122 valence electrons. The van der Waals surface area contributed by atoms with Gasteiger partial charge < -0.3 is 9.64 Å². The van der Waals surface area contributed by atoms with Crippen molar-refractivity contribution in [2.45, 2.75) is 46.0 Å². The fourth-order valence-electron chi connectivity index (χ4n) is 2.91. The van der Waals surface area contributed by atoms with E-state index in [0.29, 0.717) is 11.8 Å². The highest BCUT2D eigenvalue weighted by atomic mass is 16.5. The Bertz CT molecular complexity index is 508. The molecule has 4 heteroatoms. The highest BCUT2D eigenvalue weighted by Crippen LogP contribution is 2.19. The lowest BCUT2D eigenvalue weighted by molar-refractivity contribution is 0.0496. The molecule has 1 aromatic heterocycles. The number of aryl methyl sites for hydroxylation is 1. The monoisotopic (exact) mass is 304 g/mol. The van der Waals surface area contributed by atoms with Crippen LogP contribution in [0.1, 0.15) is 61.3 Å². The van der Waals surface area contributed by atoms with Crippen LogP contribution in [-0.2, 0) is 11.2 Å². The van der Waals surface area contributed by atoms with E-state index in [1.165, 1.54) is 0 Å². The number of amides is 1. The van der Waals surface area contributed by atoms with Crippen molar-refractivity contribution >= 4 is 5.91 Å². The zero-order valence-corrected chi connectivity index (χ0v) is 14.3. The molecule has 1 fully saturated rings. The van der Waals surface area contributed by atoms with E-state index in [9.17, 15) is 4.79 Å². The summed E-state index contributed by atoms with van der Waals surface area (Å²) >= 11 is 0. The molecule has 4 nitrogen and oxygen atoms in total. The van der Waals surface area contributed by atoms with Crippen molar-refractivity contribution in [1.82, 2.24) is 9.88 Å². The van der Waals surface area contributed by atoms with Crippen molar-refractivity contribution in [2.75, 3.05) is 26.8 Å². The van der Waals surface area contributed by atoms with Crippen molar-refractivity contribution in [3.05, 3.63) is 29.1 Å². The Balaban J connectivity index is 2.10. The summed E-state index contributed by atoms with van der Waals surface area (Å²) in [4.78, 5) is 19.3. The molecular weight excluding hydrogens is 276 g/mol. The molecule has 2 heterocycles. The Kier molecular flexibility index (Phi) is 5.95. The van der Waals surface area contributed by atoms with Crippen LogP contribution in [0.15, 0.2) is 12.1 Å². The van der Waals surface area contributed by atoms with E-state index in [1.54, 1.807) is 0 Å². The highest BCUT2D eigenvalue weighted by Gasteiger charge is 2.21. The third-order valence-corrected chi connectivity index (χ3v) is 4.37. The summed E-state index contributed by atoms with van der Waals surface area (Å²) < 4.78 is 5.39. The van der Waals surface area contributed by atoms with Gasteiger partial charge in [-0.2, -0.15) is 0 Å². The molecule has 1 amide bonds. The van der Waals surface area contributed by atoms with E-state index in [0.717, 1.165) is 56.0 Å². The van der Waals surface area contributed by atoms with E-state index in [2.05, 4.69) is 25.8 Å². The van der Waals surface area contributed by atoms with Gasteiger partial charge in [-0.15, -0.1) is 0 Å². The van der Waals surface area contributed by atoms with Gasteiger partial charge in [-0.3, -0.25) is 9.78 Å². The number of hydrogen-bond donors (Lipinski definition) is 0. The third-order valence-electron chi connectivity index (χ3n) is 4.37. The summed E-state index contributed by atoms with van der Waals surface area (Å²) in [6, 6.07) is 3.93. The van der Waals surface area contributed by atoms with Gasteiger partial charge in [-0.25, -0.2) is 0 Å². The lowest BCUT2D eigenvalue weighted by Gasteiger charge is -2.27. The lowest BCUT2D eigenvalue weighted by atomic mass is 9.99. The summed E-state index contributed by atoms with van der Waals surface area (Å²) in [5, 5.41) is 0. The molecule has 0 spiro atoms. The topological polar surface area (TPSA) is 42.4 Å². The molecule has 1 aliphatic heterocycles. The standard InChI is InChI=1S/C18H28N2O2/c1-5-16-15(6-7-17(19-16)13(2)3)18(21)20(4)12-14-8-10-22-11-9-14/h6-7,13-14H,5,8-12H2,1-4H3. The molecule has 0 saturated carbocycles. The minimum Gasteiger partial charge on any atom is -0.381 e. The first-order valence-corrected chi connectivity index (χ1v) is 8.36. The summed E-state index contributed by atoms with van der Waals surface area (Å²) in [5.41, 5.74) is 2.72. The van der Waals surface area contributed by atoms with Crippen LogP contribution < -0.4 is 0 Å². The van der Waals surface area contributed by atoms with Gasteiger partial charge in [-0.05, 0) is 43.2 Å². The fraction of sp³-hybridized carbons (Fsp3) is 0.667. The van der Waals surface area contributed by atoms with Crippen molar-refractivity contribution in [3.8, 4) is 0 Å². The van der Waals surface area contributed by atoms with Crippen LogP contribution in [0.4, 0.5) is 0 Å². The molecule has 0 aromatic carbocycles. The molecule has 1 aliphatic rings. The van der Waals surface area contributed by atoms with Gasteiger partial charge in [0.15, 0.2) is 0 Å². The van der Waals surface area contributed by atoms with Crippen LogP contribution in [0.3, 0.4) is 0 Å². The maximum atomic E-state index is 12.7. The number of hydrogen-bond acceptors (Lipinski definition) is 3.